The maximum atomic E-state index is 13.4. The molecule has 2 N–H and O–H groups in total. The second kappa shape index (κ2) is 8.65. The second-order valence-electron chi connectivity index (χ2n) is 7.63. The fourth-order valence-electron chi connectivity index (χ4n) is 4.03. The molecule has 0 bridgehead atoms. The molecule has 1 aliphatic rings. The van der Waals surface area contributed by atoms with Gasteiger partial charge in [-0.3, -0.25) is 34.6 Å². The summed E-state index contributed by atoms with van der Waals surface area (Å²) in [4.78, 5) is 41.4. The van der Waals surface area contributed by atoms with Gasteiger partial charge < -0.3 is 0 Å². The van der Waals surface area contributed by atoms with E-state index in [-0.39, 0.29) is 17.4 Å². The highest BCUT2D eigenvalue weighted by atomic mass is 19.1. The lowest BCUT2D eigenvalue weighted by atomic mass is 10.0. The molecule has 0 saturated carbocycles. The summed E-state index contributed by atoms with van der Waals surface area (Å²) < 4.78 is 15.2. The van der Waals surface area contributed by atoms with E-state index in [0.29, 0.717) is 29.8 Å². The van der Waals surface area contributed by atoms with Crippen molar-refractivity contribution in [1.29, 1.82) is 0 Å². The topological polar surface area (TPSA) is 109 Å². The number of H-pyrrole nitrogens is 1. The number of aromatic nitrogens is 5. The Bertz CT molecular complexity index is 1320. The van der Waals surface area contributed by atoms with Crippen LogP contribution in [0.4, 0.5) is 10.3 Å². The Morgan fingerprint density at radius 2 is 1.85 bits per heavy atom. The van der Waals surface area contributed by atoms with Gasteiger partial charge in [0.15, 0.2) is 0 Å². The number of amides is 1. The summed E-state index contributed by atoms with van der Waals surface area (Å²) in [6, 6.07) is 8.62. The lowest BCUT2D eigenvalue weighted by Gasteiger charge is -2.26. The summed E-state index contributed by atoms with van der Waals surface area (Å²) >= 11 is 0. The Labute approximate surface area is 187 Å². The first-order valence-electron chi connectivity index (χ1n) is 10.5. The fourth-order valence-corrected chi connectivity index (χ4v) is 4.03. The second-order valence-corrected chi connectivity index (χ2v) is 7.63. The van der Waals surface area contributed by atoms with Crippen molar-refractivity contribution in [1.82, 2.24) is 24.6 Å². The van der Waals surface area contributed by atoms with Gasteiger partial charge in [-0.25, -0.2) is 14.4 Å². The van der Waals surface area contributed by atoms with Gasteiger partial charge in [0.05, 0.1) is 11.3 Å². The number of rotatable bonds is 5. The van der Waals surface area contributed by atoms with E-state index < -0.39 is 17.4 Å². The third-order valence-corrected chi connectivity index (χ3v) is 5.56. The molecule has 9 nitrogen and oxygen atoms in total. The standard InChI is InChI=1S/C23H20FN7O2/c24-17-5-3-15(4-6-17)19-20(16-7-9-25-10-8-16)27-23(29-22(19)33)28-21(32)18-2-1-12-31(18)30-13-11-26-14-30/h3-11,13-14,18H,1-2,12H2,(H2,27,28,29,32,33). The van der Waals surface area contributed by atoms with Crippen LogP contribution in [-0.4, -0.2) is 43.1 Å². The number of pyridine rings is 1. The number of hydrogen-bond acceptors (Lipinski definition) is 6. The average molecular weight is 445 g/mol. The number of aromatic amines is 1. The summed E-state index contributed by atoms with van der Waals surface area (Å²) in [7, 11) is 0. The van der Waals surface area contributed by atoms with Crippen molar-refractivity contribution in [3.8, 4) is 22.4 Å². The number of hydrogen-bond donors (Lipinski definition) is 2. The largest absolute Gasteiger partial charge is 0.299 e. The Balaban J connectivity index is 1.51. The Morgan fingerprint density at radius 1 is 1.06 bits per heavy atom. The maximum absolute atomic E-state index is 13.4. The molecule has 33 heavy (non-hydrogen) atoms. The summed E-state index contributed by atoms with van der Waals surface area (Å²) in [6.45, 7) is 0.712. The average Bonchev–Trinajstić information content (AvgIpc) is 3.52. The van der Waals surface area contributed by atoms with Crippen LogP contribution in [0, 0.1) is 5.82 Å². The van der Waals surface area contributed by atoms with Crippen LogP contribution in [0.25, 0.3) is 22.4 Å². The van der Waals surface area contributed by atoms with Crippen LogP contribution < -0.4 is 15.9 Å². The quantitative estimate of drug-likeness (QED) is 0.489. The minimum Gasteiger partial charge on any atom is -0.299 e. The first-order chi connectivity index (χ1) is 16.1. The lowest BCUT2D eigenvalue weighted by molar-refractivity contribution is -0.117. The van der Waals surface area contributed by atoms with Crippen molar-refractivity contribution in [2.45, 2.75) is 18.9 Å². The first kappa shape index (κ1) is 20.6. The maximum Gasteiger partial charge on any atom is 0.260 e. The predicted octanol–water partition coefficient (Wildman–Crippen LogP) is 2.57. The van der Waals surface area contributed by atoms with Gasteiger partial charge in [0.1, 0.15) is 18.2 Å². The van der Waals surface area contributed by atoms with Crippen LogP contribution in [0.3, 0.4) is 0 Å². The monoisotopic (exact) mass is 445 g/mol. The van der Waals surface area contributed by atoms with Crippen LogP contribution >= 0.6 is 0 Å². The molecule has 1 saturated heterocycles. The Morgan fingerprint density at radius 3 is 2.58 bits per heavy atom. The molecule has 1 unspecified atom stereocenters. The van der Waals surface area contributed by atoms with Crippen molar-refractivity contribution in [2.75, 3.05) is 16.9 Å². The van der Waals surface area contributed by atoms with Crippen LogP contribution in [0.1, 0.15) is 12.8 Å². The summed E-state index contributed by atoms with van der Waals surface area (Å²) in [5.41, 5.74) is 1.35. The minimum absolute atomic E-state index is 0.0418. The number of imidazole rings is 1. The highest BCUT2D eigenvalue weighted by Gasteiger charge is 2.31. The fraction of sp³-hybridized carbons (Fsp3) is 0.174. The third-order valence-electron chi connectivity index (χ3n) is 5.56. The molecule has 3 aromatic heterocycles. The normalized spacial score (nSPS) is 15.5. The SMILES string of the molecule is O=C(Nc1nc(-c2ccncc2)c(-c2ccc(F)cc2)c(=O)[nH]1)C1CCCN1n1ccnc1. The molecule has 1 amide bonds. The smallest absolute Gasteiger partial charge is 0.260 e. The van der Waals surface area contributed by atoms with Gasteiger partial charge in [-0.1, -0.05) is 12.1 Å². The molecule has 1 atom stereocenters. The van der Waals surface area contributed by atoms with Crippen LogP contribution in [0.5, 0.6) is 0 Å². The van der Waals surface area contributed by atoms with Crippen LogP contribution in [0.15, 0.2) is 72.3 Å². The van der Waals surface area contributed by atoms with Gasteiger partial charge in [-0.05, 0) is 42.7 Å². The predicted molar refractivity (Wildman–Crippen MR) is 120 cm³/mol. The summed E-state index contributed by atoms with van der Waals surface area (Å²) in [5, 5.41) is 4.67. The summed E-state index contributed by atoms with van der Waals surface area (Å²) in [5.74, 6) is -0.642. The summed E-state index contributed by atoms with van der Waals surface area (Å²) in [6.07, 6.45) is 9.78. The van der Waals surface area contributed by atoms with Crippen molar-refractivity contribution >= 4 is 11.9 Å². The van der Waals surface area contributed by atoms with Crippen molar-refractivity contribution in [3.63, 3.8) is 0 Å². The number of anilines is 1. The molecular weight excluding hydrogens is 425 g/mol. The molecule has 1 aromatic carbocycles. The van der Waals surface area contributed by atoms with Crippen LogP contribution in [0.2, 0.25) is 0 Å². The van der Waals surface area contributed by atoms with Crippen LogP contribution in [-0.2, 0) is 4.79 Å². The van der Waals surface area contributed by atoms with Gasteiger partial charge in [-0.2, -0.15) is 0 Å². The van der Waals surface area contributed by atoms with E-state index in [1.54, 1.807) is 47.9 Å². The zero-order valence-corrected chi connectivity index (χ0v) is 17.5. The van der Waals surface area contributed by atoms with Gasteiger partial charge in [0.2, 0.25) is 5.95 Å². The molecule has 0 aliphatic carbocycles. The zero-order valence-electron chi connectivity index (χ0n) is 17.5. The Hall–Kier alpha value is -4.34. The highest BCUT2D eigenvalue weighted by Crippen LogP contribution is 2.28. The van der Waals surface area contributed by atoms with Crippen molar-refractivity contribution in [2.24, 2.45) is 0 Å². The zero-order chi connectivity index (χ0) is 22.8. The lowest BCUT2D eigenvalue weighted by Crippen LogP contribution is -2.45. The molecule has 10 heteroatoms. The first-order valence-corrected chi connectivity index (χ1v) is 10.5. The molecule has 1 aliphatic heterocycles. The number of benzene rings is 1. The number of nitrogens with zero attached hydrogens (tertiary/aromatic N) is 5. The molecule has 166 valence electrons. The van der Waals surface area contributed by atoms with E-state index in [1.165, 1.54) is 24.3 Å². The molecule has 5 rings (SSSR count). The minimum atomic E-state index is -0.448. The van der Waals surface area contributed by atoms with E-state index in [9.17, 15) is 14.0 Å². The van der Waals surface area contributed by atoms with Gasteiger partial charge in [0, 0.05) is 36.9 Å². The van der Waals surface area contributed by atoms with Crippen molar-refractivity contribution in [3.05, 3.63) is 83.7 Å². The molecule has 0 radical (unpaired) electrons. The molecular formula is C23H20FN7O2. The number of carbonyl (C=O) groups is 1. The van der Waals surface area contributed by atoms with Gasteiger partial charge >= 0.3 is 0 Å². The number of nitrogens with one attached hydrogen (secondary N) is 2. The molecule has 0 spiro atoms. The highest BCUT2D eigenvalue weighted by molar-refractivity contribution is 5.95. The molecule has 4 aromatic rings. The number of halogens is 1. The van der Waals surface area contributed by atoms with E-state index in [4.69, 9.17) is 0 Å². The molecule has 4 heterocycles. The van der Waals surface area contributed by atoms with E-state index in [2.05, 4.69) is 25.3 Å². The van der Waals surface area contributed by atoms with Crippen molar-refractivity contribution < 1.29 is 9.18 Å². The van der Waals surface area contributed by atoms with E-state index in [0.717, 1.165) is 6.42 Å². The third kappa shape index (κ3) is 4.10. The Kier molecular flexibility index (Phi) is 5.39. The van der Waals surface area contributed by atoms with E-state index >= 15 is 0 Å². The van der Waals surface area contributed by atoms with E-state index in [1.807, 2.05) is 5.01 Å². The number of carbonyl (C=O) groups excluding carboxylic acids is 1. The molecule has 1 fully saturated rings. The van der Waals surface area contributed by atoms with Gasteiger partial charge in [-0.15, -0.1) is 0 Å². The van der Waals surface area contributed by atoms with Gasteiger partial charge in [0.25, 0.3) is 11.5 Å².